The second-order valence-corrected chi connectivity index (χ2v) is 5.39. The van der Waals surface area contributed by atoms with E-state index in [0.717, 1.165) is 25.7 Å². The van der Waals surface area contributed by atoms with Crippen molar-refractivity contribution in [1.82, 2.24) is 5.32 Å². The molecule has 1 aliphatic rings. The lowest BCUT2D eigenvalue weighted by Gasteiger charge is -2.25. The van der Waals surface area contributed by atoms with E-state index >= 15 is 0 Å². The van der Waals surface area contributed by atoms with Gasteiger partial charge in [-0.2, -0.15) is 0 Å². The first-order valence-electron chi connectivity index (χ1n) is 7.31. The summed E-state index contributed by atoms with van der Waals surface area (Å²) in [4.78, 5) is 12.0. The van der Waals surface area contributed by atoms with Crippen LogP contribution in [0.4, 0.5) is 0 Å². The van der Waals surface area contributed by atoms with E-state index in [1.165, 1.54) is 19.3 Å². The molecular formula is C16H23NO2. The minimum Gasteiger partial charge on any atom is -0.373 e. The zero-order valence-electron chi connectivity index (χ0n) is 11.3. The fourth-order valence-electron chi connectivity index (χ4n) is 2.73. The first kappa shape index (κ1) is 14.1. The lowest BCUT2D eigenvalue weighted by atomic mass is 9.90. The van der Waals surface area contributed by atoms with Gasteiger partial charge < -0.3 is 10.4 Å². The molecule has 1 saturated carbocycles. The van der Waals surface area contributed by atoms with E-state index in [-0.39, 0.29) is 11.8 Å². The largest absolute Gasteiger partial charge is 0.373 e. The highest BCUT2D eigenvalue weighted by Crippen LogP contribution is 2.24. The maximum Gasteiger partial charge on any atom is 0.253 e. The van der Waals surface area contributed by atoms with Crippen LogP contribution in [0.3, 0.4) is 0 Å². The lowest BCUT2D eigenvalue weighted by molar-refractivity contribution is 0.0497. The van der Waals surface area contributed by atoms with Gasteiger partial charge in [0.1, 0.15) is 6.23 Å². The fraction of sp³-hybridized carbons (Fsp3) is 0.562. The summed E-state index contributed by atoms with van der Waals surface area (Å²) in [5, 5.41) is 12.9. The van der Waals surface area contributed by atoms with Gasteiger partial charge in [-0.15, -0.1) is 0 Å². The van der Waals surface area contributed by atoms with Gasteiger partial charge in [-0.3, -0.25) is 4.79 Å². The summed E-state index contributed by atoms with van der Waals surface area (Å²) in [5.74, 6) is 0.0168. The first-order valence-corrected chi connectivity index (χ1v) is 7.31. The molecule has 0 spiro atoms. The number of nitrogens with one attached hydrogen (secondary N) is 1. The number of hydrogen-bond acceptors (Lipinski definition) is 2. The zero-order valence-corrected chi connectivity index (χ0v) is 11.3. The van der Waals surface area contributed by atoms with Gasteiger partial charge in [-0.05, 0) is 25.0 Å². The van der Waals surface area contributed by atoms with Crippen molar-refractivity contribution in [2.24, 2.45) is 5.92 Å². The molecule has 1 aliphatic carbocycles. The Morgan fingerprint density at radius 2 is 1.63 bits per heavy atom. The maximum absolute atomic E-state index is 12.0. The van der Waals surface area contributed by atoms with Gasteiger partial charge in [-0.25, -0.2) is 0 Å². The van der Waals surface area contributed by atoms with E-state index in [0.29, 0.717) is 5.56 Å². The molecule has 1 aromatic carbocycles. The number of amides is 1. The Balaban J connectivity index is 1.88. The SMILES string of the molecule is O=C(NC(O)C1CCCCCCC1)c1ccccc1. The molecule has 1 atom stereocenters. The molecule has 1 aromatic rings. The van der Waals surface area contributed by atoms with Crippen LogP contribution in [0.5, 0.6) is 0 Å². The minimum absolute atomic E-state index is 0.185. The number of hydrogen-bond donors (Lipinski definition) is 2. The average molecular weight is 261 g/mol. The molecule has 19 heavy (non-hydrogen) atoms. The van der Waals surface area contributed by atoms with E-state index < -0.39 is 6.23 Å². The second kappa shape index (κ2) is 7.29. The Kier molecular flexibility index (Phi) is 5.40. The number of benzene rings is 1. The van der Waals surface area contributed by atoms with Crippen molar-refractivity contribution in [3.63, 3.8) is 0 Å². The summed E-state index contributed by atoms with van der Waals surface area (Å²) in [5.41, 5.74) is 0.604. The second-order valence-electron chi connectivity index (χ2n) is 5.39. The molecular weight excluding hydrogens is 238 g/mol. The highest BCUT2D eigenvalue weighted by atomic mass is 16.3. The molecule has 0 radical (unpaired) electrons. The molecule has 104 valence electrons. The normalized spacial score (nSPS) is 19.2. The quantitative estimate of drug-likeness (QED) is 0.821. The monoisotopic (exact) mass is 261 g/mol. The summed E-state index contributed by atoms with van der Waals surface area (Å²) in [6.45, 7) is 0. The predicted molar refractivity (Wildman–Crippen MR) is 75.7 cm³/mol. The van der Waals surface area contributed by atoms with Crippen LogP contribution in [0, 0.1) is 5.92 Å². The molecule has 2 rings (SSSR count). The molecule has 1 amide bonds. The molecule has 0 heterocycles. The van der Waals surface area contributed by atoms with E-state index in [1.54, 1.807) is 12.1 Å². The molecule has 0 aliphatic heterocycles. The Hall–Kier alpha value is -1.35. The topological polar surface area (TPSA) is 49.3 Å². The predicted octanol–water partition coefficient (Wildman–Crippen LogP) is 3.10. The van der Waals surface area contributed by atoms with Crippen LogP contribution < -0.4 is 5.32 Å². The molecule has 0 bridgehead atoms. The number of rotatable bonds is 3. The van der Waals surface area contributed by atoms with Crippen molar-refractivity contribution in [3.05, 3.63) is 35.9 Å². The van der Waals surface area contributed by atoms with Crippen molar-refractivity contribution in [2.75, 3.05) is 0 Å². The third kappa shape index (κ3) is 4.35. The van der Waals surface area contributed by atoms with E-state index in [2.05, 4.69) is 5.32 Å². The van der Waals surface area contributed by atoms with Crippen LogP contribution in [-0.2, 0) is 0 Å². The molecule has 3 nitrogen and oxygen atoms in total. The third-order valence-corrected chi connectivity index (χ3v) is 3.91. The Morgan fingerprint density at radius 1 is 1.05 bits per heavy atom. The number of aliphatic hydroxyl groups excluding tert-OH is 1. The van der Waals surface area contributed by atoms with Crippen LogP contribution in [0.2, 0.25) is 0 Å². The molecule has 2 N–H and O–H groups in total. The van der Waals surface area contributed by atoms with Crippen molar-refractivity contribution in [3.8, 4) is 0 Å². The summed E-state index contributed by atoms with van der Waals surface area (Å²) in [7, 11) is 0. The molecule has 0 aromatic heterocycles. The van der Waals surface area contributed by atoms with Crippen LogP contribution >= 0.6 is 0 Å². The summed E-state index contributed by atoms with van der Waals surface area (Å²) in [6.07, 6.45) is 7.41. The zero-order chi connectivity index (χ0) is 13.5. The highest BCUT2D eigenvalue weighted by molar-refractivity contribution is 5.94. The first-order chi connectivity index (χ1) is 9.27. The van der Waals surface area contributed by atoms with E-state index in [4.69, 9.17) is 0 Å². The van der Waals surface area contributed by atoms with Gasteiger partial charge in [0.05, 0.1) is 0 Å². The van der Waals surface area contributed by atoms with Gasteiger partial charge in [0.2, 0.25) is 0 Å². The lowest BCUT2D eigenvalue weighted by Crippen LogP contribution is -2.40. The molecule has 3 heteroatoms. The molecule has 1 unspecified atom stereocenters. The van der Waals surface area contributed by atoms with Crippen LogP contribution in [0.25, 0.3) is 0 Å². The van der Waals surface area contributed by atoms with Crippen molar-refractivity contribution in [2.45, 2.75) is 51.2 Å². The highest BCUT2D eigenvalue weighted by Gasteiger charge is 2.21. The van der Waals surface area contributed by atoms with Crippen molar-refractivity contribution < 1.29 is 9.90 Å². The average Bonchev–Trinajstić information content (AvgIpc) is 2.39. The standard InChI is InChI=1S/C16H23NO2/c18-15(13-9-5-2-1-3-6-10-13)17-16(19)14-11-7-4-8-12-14/h4,7-8,11-13,15,18H,1-3,5-6,9-10H2,(H,17,19). The molecule has 1 fully saturated rings. The summed E-state index contributed by atoms with van der Waals surface area (Å²) >= 11 is 0. The molecule has 0 saturated heterocycles. The van der Waals surface area contributed by atoms with Crippen molar-refractivity contribution >= 4 is 5.91 Å². The van der Waals surface area contributed by atoms with Gasteiger partial charge in [0, 0.05) is 11.5 Å². The number of carbonyl (C=O) groups is 1. The van der Waals surface area contributed by atoms with Crippen LogP contribution in [0.1, 0.15) is 55.3 Å². The Labute approximate surface area is 115 Å². The summed E-state index contributed by atoms with van der Waals surface area (Å²) < 4.78 is 0. The Morgan fingerprint density at radius 3 is 2.26 bits per heavy atom. The van der Waals surface area contributed by atoms with E-state index in [1.807, 2.05) is 18.2 Å². The van der Waals surface area contributed by atoms with Gasteiger partial charge in [0.25, 0.3) is 5.91 Å². The van der Waals surface area contributed by atoms with Gasteiger partial charge in [-0.1, -0.05) is 50.3 Å². The summed E-state index contributed by atoms with van der Waals surface area (Å²) in [6, 6.07) is 9.07. The van der Waals surface area contributed by atoms with E-state index in [9.17, 15) is 9.90 Å². The van der Waals surface area contributed by atoms with Crippen molar-refractivity contribution in [1.29, 1.82) is 0 Å². The number of aliphatic hydroxyl groups is 1. The smallest absolute Gasteiger partial charge is 0.253 e. The Bertz CT molecular complexity index is 383. The van der Waals surface area contributed by atoms with Gasteiger partial charge >= 0.3 is 0 Å². The minimum atomic E-state index is -0.717. The maximum atomic E-state index is 12.0. The van der Waals surface area contributed by atoms with Gasteiger partial charge in [0.15, 0.2) is 0 Å². The van der Waals surface area contributed by atoms with Crippen LogP contribution in [0.15, 0.2) is 30.3 Å². The van der Waals surface area contributed by atoms with Crippen LogP contribution in [-0.4, -0.2) is 17.2 Å². The number of carbonyl (C=O) groups excluding carboxylic acids is 1. The fourth-order valence-corrected chi connectivity index (χ4v) is 2.73. The third-order valence-electron chi connectivity index (χ3n) is 3.91.